The highest BCUT2D eigenvalue weighted by atomic mass is 32.2. The number of sulfonamides is 1. The van der Waals surface area contributed by atoms with E-state index in [9.17, 15) is 36.8 Å². The number of carbonyl (C=O) groups excluding carboxylic acids is 5. The van der Waals surface area contributed by atoms with E-state index >= 15 is 0 Å². The van der Waals surface area contributed by atoms with Crippen molar-refractivity contribution in [3.05, 3.63) is 42.2 Å². The van der Waals surface area contributed by atoms with E-state index < -0.39 is 91.7 Å². The molecule has 0 bridgehead atoms. The van der Waals surface area contributed by atoms with E-state index in [4.69, 9.17) is 9.47 Å². The molecule has 5 atom stereocenters. The molecule has 14 nitrogen and oxygen atoms in total. The topological polar surface area (TPSA) is 189 Å². The molecule has 1 saturated heterocycles. The summed E-state index contributed by atoms with van der Waals surface area (Å²) in [5.41, 5.74) is -2.85. The first-order chi connectivity index (χ1) is 22.6. The van der Waals surface area contributed by atoms with Gasteiger partial charge in [0.25, 0.3) is 5.91 Å². The number of likely N-dealkylation sites (tertiary alicyclic amines) is 1. The number of ether oxygens (including phenoxy) is 2. The monoisotopic (exact) mass is 707 g/mol. The third-order valence-electron chi connectivity index (χ3n) is 8.50. The molecule has 1 aromatic rings. The lowest BCUT2D eigenvalue weighted by atomic mass is 9.85. The van der Waals surface area contributed by atoms with Gasteiger partial charge in [-0.25, -0.2) is 22.4 Å². The highest BCUT2D eigenvalue weighted by molar-refractivity contribution is 7.91. The predicted molar refractivity (Wildman–Crippen MR) is 177 cm³/mol. The second-order valence-corrected chi connectivity index (χ2v) is 17.0. The second kappa shape index (κ2) is 13.6. The Balaban J connectivity index is 1.59. The number of hydrogen-bond donors (Lipinski definition) is 4. The van der Waals surface area contributed by atoms with Crippen LogP contribution < -0.4 is 20.7 Å². The minimum absolute atomic E-state index is 0.0735. The van der Waals surface area contributed by atoms with Gasteiger partial charge >= 0.3 is 12.2 Å². The van der Waals surface area contributed by atoms with Crippen LogP contribution in [0.3, 0.4) is 0 Å². The molecule has 1 heterocycles. The van der Waals surface area contributed by atoms with Crippen molar-refractivity contribution in [2.24, 2.45) is 11.3 Å². The third kappa shape index (κ3) is 9.08. The van der Waals surface area contributed by atoms with Crippen LogP contribution in [-0.4, -0.2) is 84.3 Å². The number of nitrogens with one attached hydrogen (secondary N) is 4. The fourth-order valence-corrected chi connectivity index (χ4v) is 7.02. The van der Waals surface area contributed by atoms with Gasteiger partial charge in [-0.3, -0.25) is 24.4 Å². The van der Waals surface area contributed by atoms with Gasteiger partial charge in [-0.15, -0.1) is 6.58 Å². The molecule has 49 heavy (non-hydrogen) atoms. The normalized spacial score (nSPS) is 24.2. The van der Waals surface area contributed by atoms with Crippen molar-refractivity contribution >= 4 is 45.6 Å². The van der Waals surface area contributed by atoms with Gasteiger partial charge in [0, 0.05) is 12.3 Å². The second-order valence-electron chi connectivity index (χ2n) is 15.0. The molecule has 4 rings (SSSR count). The van der Waals surface area contributed by atoms with E-state index in [0.29, 0.717) is 18.4 Å². The minimum Gasteiger partial charge on any atom is -0.444 e. The zero-order chi connectivity index (χ0) is 36.7. The molecular weight excluding hydrogens is 661 g/mol. The molecule has 2 aliphatic carbocycles. The quantitative estimate of drug-likeness (QED) is 0.265. The lowest BCUT2D eigenvalue weighted by molar-refractivity contribution is -0.143. The number of amides is 5. The summed E-state index contributed by atoms with van der Waals surface area (Å²) in [7, 11) is -3.94. The summed E-state index contributed by atoms with van der Waals surface area (Å²) in [4.78, 5) is 68.3. The maximum Gasteiger partial charge on any atom is 0.412 e. The molecule has 0 spiro atoms. The summed E-state index contributed by atoms with van der Waals surface area (Å²) in [5.74, 6) is -3.70. The number of rotatable bonds is 10. The molecular formula is C33H46FN5O9S. The Hall–Kier alpha value is -4.21. The lowest BCUT2D eigenvalue weighted by Gasteiger charge is -2.36. The molecule has 5 amide bonds. The van der Waals surface area contributed by atoms with Crippen LogP contribution in [0.4, 0.5) is 19.7 Å². The number of carbonyl (C=O) groups is 5. The average molecular weight is 708 g/mol. The van der Waals surface area contributed by atoms with Gasteiger partial charge in [0.2, 0.25) is 21.8 Å². The van der Waals surface area contributed by atoms with Crippen molar-refractivity contribution in [3.8, 4) is 0 Å². The number of aryl methyl sites for hydroxylation is 1. The van der Waals surface area contributed by atoms with E-state index in [1.54, 1.807) is 48.5 Å². The SMILES string of the molecule is C=CC1C[C@]1(NC(=O)[C@@H]1C[C@@H](OC(=O)Nc2cc(C)ccc2F)CN1C(=O)[C@@H](NC(=O)OC(C)(C)C)C(C)(C)C)C(=O)NS(=O)(=O)C1CC1. The largest absolute Gasteiger partial charge is 0.444 e. The van der Waals surface area contributed by atoms with Crippen LogP contribution in [0.1, 0.15) is 72.8 Å². The molecule has 16 heteroatoms. The Morgan fingerprint density at radius 1 is 1.08 bits per heavy atom. The maximum atomic E-state index is 14.3. The summed E-state index contributed by atoms with van der Waals surface area (Å²) >= 11 is 0. The van der Waals surface area contributed by atoms with E-state index in [0.717, 1.165) is 4.90 Å². The van der Waals surface area contributed by atoms with E-state index in [-0.39, 0.29) is 25.1 Å². The van der Waals surface area contributed by atoms with E-state index in [1.807, 2.05) is 0 Å². The fourth-order valence-electron chi connectivity index (χ4n) is 5.66. The molecule has 1 aliphatic heterocycles. The van der Waals surface area contributed by atoms with Gasteiger partial charge in [0.15, 0.2) is 0 Å². The first-order valence-corrected chi connectivity index (χ1v) is 17.7. The van der Waals surface area contributed by atoms with Gasteiger partial charge in [-0.05, 0) is 70.1 Å². The standard InChI is InChI=1S/C33H46FN5O9S/c1-9-19-16-33(19,28(42)38-49(45,46)21-11-12-21)37-26(40)24-15-20(47-29(43)35-23-14-18(2)10-13-22(23)34)17-39(24)27(41)25(31(3,4)5)36-30(44)48-32(6,7)8/h9-10,13-14,19-21,24-25H,1,11-12,15-17H2,2-8H3,(H,35,43)(H,36,44)(H,37,40)(H,38,42)/t19?,20-,24+,25-,33-/m1/s1. The van der Waals surface area contributed by atoms with Gasteiger partial charge in [-0.1, -0.05) is 32.9 Å². The Labute approximate surface area is 285 Å². The predicted octanol–water partition coefficient (Wildman–Crippen LogP) is 3.26. The van der Waals surface area contributed by atoms with E-state index in [2.05, 4.69) is 27.3 Å². The average Bonchev–Trinajstić information content (AvgIpc) is 3.89. The smallest absolute Gasteiger partial charge is 0.412 e. The number of halogens is 1. The molecule has 2 saturated carbocycles. The number of anilines is 1. The van der Waals surface area contributed by atoms with Gasteiger partial charge in [-0.2, -0.15) is 0 Å². The van der Waals surface area contributed by atoms with Crippen LogP contribution >= 0.6 is 0 Å². The van der Waals surface area contributed by atoms with Crippen LogP contribution in [0.25, 0.3) is 0 Å². The highest BCUT2D eigenvalue weighted by Crippen LogP contribution is 2.45. The number of benzene rings is 1. The van der Waals surface area contributed by atoms with Crippen LogP contribution in [-0.2, 0) is 33.9 Å². The van der Waals surface area contributed by atoms with Crippen LogP contribution in [0.15, 0.2) is 30.9 Å². The van der Waals surface area contributed by atoms with Crippen molar-refractivity contribution in [2.75, 3.05) is 11.9 Å². The summed E-state index contributed by atoms with van der Waals surface area (Å²) in [6, 6.07) is 1.59. The van der Waals surface area contributed by atoms with Crippen molar-refractivity contribution < 1.29 is 46.3 Å². The van der Waals surface area contributed by atoms with Crippen LogP contribution in [0.2, 0.25) is 0 Å². The summed E-state index contributed by atoms with van der Waals surface area (Å²) in [5, 5.41) is 6.91. The van der Waals surface area contributed by atoms with Crippen molar-refractivity contribution in [1.29, 1.82) is 0 Å². The Kier molecular flexibility index (Phi) is 10.4. The number of hydrogen-bond acceptors (Lipinski definition) is 9. The van der Waals surface area contributed by atoms with Crippen molar-refractivity contribution in [2.45, 2.75) is 109 Å². The van der Waals surface area contributed by atoms with Crippen molar-refractivity contribution in [3.63, 3.8) is 0 Å². The molecule has 270 valence electrons. The molecule has 4 N–H and O–H groups in total. The van der Waals surface area contributed by atoms with Crippen molar-refractivity contribution in [1.82, 2.24) is 20.3 Å². The Morgan fingerprint density at radius 2 is 1.73 bits per heavy atom. The summed E-state index contributed by atoms with van der Waals surface area (Å²) in [6.45, 7) is 15.2. The minimum atomic E-state index is -3.94. The van der Waals surface area contributed by atoms with E-state index in [1.165, 1.54) is 24.3 Å². The van der Waals surface area contributed by atoms with Gasteiger partial charge in [0.05, 0.1) is 17.5 Å². The molecule has 0 aromatic heterocycles. The first-order valence-electron chi connectivity index (χ1n) is 16.1. The zero-order valence-corrected chi connectivity index (χ0v) is 29.7. The van der Waals surface area contributed by atoms with Crippen LogP contribution in [0.5, 0.6) is 0 Å². The summed E-state index contributed by atoms with van der Waals surface area (Å²) in [6.07, 6.45) is -0.838. The lowest BCUT2D eigenvalue weighted by Crippen LogP contribution is -2.60. The molecule has 0 radical (unpaired) electrons. The summed E-state index contributed by atoms with van der Waals surface area (Å²) < 4.78 is 52.5. The number of alkyl carbamates (subject to hydrolysis) is 1. The van der Waals surface area contributed by atoms with Gasteiger partial charge < -0.3 is 25.0 Å². The third-order valence-corrected chi connectivity index (χ3v) is 10.3. The molecule has 1 unspecified atom stereocenters. The molecule has 3 aliphatic rings. The fraction of sp³-hybridized carbons (Fsp3) is 0.606. The first kappa shape index (κ1) is 37.6. The zero-order valence-electron chi connectivity index (χ0n) is 28.8. The van der Waals surface area contributed by atoms with Crippen LogP contribution in [0, 0.1) is 24.1 Å². The molecule has 1 aromatic carbocycles. The molecule has 3 fully saturated rings. The number of nitrogens with zero attached hydrogens (tertiary/aromatic N) is 1. The van der Waals surface area contributed by atoms with Gasteiger partial charge in [0.1, 0.15) is 35.1 Å². The highest BCUT2D eigenvalue weighted by Gasteiger charge is 2.62. The maximum absolute atomic E-state index is 14.3. The Morgan fingerprint density at radius 3 is 2.29 bits per heavy atom. The Bertz CT molecular complexity index is 1630.